The normalized spacial score (nSPS) is 9.71. The van der Waals surface area contributed by atoms with Crippen LogP contribution >= 0.6 is 22.6 Å². The molecule has 1 aromatic rings. The van der Waals surface area contributed by atoms with Gasteiger partial charge in [-0.3, -0.25) is 5.32 Å². The van der Waals surface area contributed by atoms with Gasteiger partial charge in [0.2, 0.25) is 0 Å². The molecule has 3 nitrogen and oxygen atoms in total. The maximum atomic E-state index is 11.0. The number of hydrogen-bond donors (Lipinski definition) is 1. The zero-order valence-electron chi connectivity index (χ0n) is 8.35. The first kappa shape index (κ1) is 11.3. The molecule has 0 radical (unpaired) electrons. The Morgan fingerprint density at radius 1 is 1.36 bits per heavy atom. The van der Waals surface area contributed by atoms with Crippen molar-refractivity contribution in [1.82, 2.24) is 0 Å². The van der Waals surface area contributed by atoms with Gasteiger partial charge in [-0.1, -0.05) is 0 Å². The lowest BCUT2D eigenvalue weighted by molar-refractivity contribution is 0.187. The largest absolute Gasteiger partial charge is 0.453 e. The number of methoxy groups -OCH3 is 1. The van der Waals surface area contributed by atoms with E-state index in [0.717, 1.165) is 16.8 Å². The van der Waals surface area contributed by atoms with Gasteiger partial charge in [0, 0.05) is 9.26 Å². The van der Waals surface area contributed by atoms with Crippen LogP contribution in [0.5, 0.6) is 0 Å². The zero-order valence-corrected chi connectivity index (χ0v) is 10.5. The molecule has 1 aromatic carbocycles. The number of benzene rings is 1. The van der Waals surface area contributed by atoms with Gasteiger partial charge in [0.1, 0.15) is 0 Å². The van der Waals surface area contributed by atoms with E-state index < -0.39 is 6.09 Å². The summed E-state index contributed by atoms with van der Waals surface area (Å²) in [5.74, 6) is 0. The number of nitrogens with one attached hydrogen (secondary N) is 1. The smallest absolute Gasteiger partial charge is 0.411 e. The first-order valence-corrected chi connectivity index (χ1v) is 5.24. The molecule has 0 aromatic heterocycles. The second kappa shape index (κ2) is 4.63. The first-order valence-electron chi connectivity index (χ1n) is 4.16. The predicted molar refractivity (Wildman–Crippen MR) is 64.7 cm³/mol. The summed E-state index contributed by atoms with van der Waals surface area (Å²) in [6, 6.07) is 3.84. The molecule has 14 heavy (non-hydrogen) atoms. The van der Waals surface area contributed by atoms with Gasteiger partial charge in [0.15, 0.2) is 0 Å². The van der Waals surface area contributed by atoms with Crippen molar-refractivity contribution in [3.05, 3.63) is 26.8 Å². The minimum Gasteiger partial charge on any atom is -0.453 e. The number of halogens is 1. The number of hydrogen-bond acceptors (Lipinski definition) is 2. The van der Waals surface area contributed by atoms with Gasteiger partial charge in [0.05, 0.1) is 7.11 Å². The average Bonchev–Trinajstić information content (AvgIpc) is 2.14. The van der Waals surface area contributed by atoms with Gasteiger partial charge in [-0.05, 0) is 59.7 Å². The van der Waals surface area contributed by atoms with Crippen molar-refractivity contribution in [3.63, 3.8) is 0 Å². The van der Waals surface area contributed by atoms with E-state index in [4.69, 9.17) is 0 Å². The van der Waals surface area contributed by atoms with E-state index in [2.05, 4.69) is 32.6 Å². The lowest BCUT2D eigenvalue weighted by atomic mass is 10.1. The van der Waals surface area contributed by atoms with Gasteiger partial charge < -0.3 is 4.74 Å². The molecule has 1 N–H and O–H groups in total. The Balaban J connectivity index is 2.95. The van der Waals surface area contributed by atoms with Crippen LogP contribution in [0, 0.1) is 17.4 Å². The Bertz CT molecular complexity index is 340. The van der Waals surface area contributed by atoms with Crippen molar-refractivity contribution >= 4 is 34.4 Å². The van der Waals surface area contributed by atoms with Crippen LogP contribution in [0.15, 0.2) is 12.1 Å². The van der Waals surface area contributed by atoms with Gasteiger partial charge in [-0.15, -0.1) is 0 Å². The minimum atomic E-state index is -0.440. The van der Waals surface area contributed by atoms with Crippen molar-refractivity contribution in [2.24, 2.45) is 0 Å². The number of anilines is 1. The van der Waals surface area contributed by atoms with Crippen LogP contribution in [0.1, 0.15) is 11.1 Å². The Kier molecular flexibility index (Phi) is 3.74. The van der Waals surface area contributed by atoms with Crippen LogP contribution < -0.4 is 5.32 Å². The molecule has 0 bridgehead atoms. The predicted octanol–water partition coefficient (Wildman–Crippen LogP) is 3.09. The summed E-state index contributed by atoms with van der Waals surface area (Å²) >= 11 is 2.28. The van der Waals surface area contributed by atoms with Gasteiger partial charge >= 0.3 is 6.09 Å². The van der Waals surface area contributed by atoms with Crippen LogP contribution in [0.25, 0.3) is 0 Å². The summed E-state index contributed by atoms with van der Waals surface area (Å²) < 4.78 is 5.73. The highest BCUT2D eigenvalue weighted by Gasteiger charge is 2.04. The molecule has 0 saturated heterocycles. The fraction of sp³-hybridized carbons (Fsp3) is 0.300. The summed E-state index contributed by atoms with van der Waals surface area (Å²) in [7, 11) is 1.35. The summed E-state index contributed by atoms with van der Waals surface area (Å²) in [5.41, 5.74) is 3.07. The molecule has 1 rings (SSSR count). The third kappa shape index (κ3) is 2.60. The number of amides is 1. The molecule has 0 aliphatic carbocycles. The maximum Gasteiger partial charge on any atom is 0.411 e. The molecule has 0 aliphatic rings. The fourth-order valence-electron chi connectivity index (χ4n) is 1.19. The Morgan fingerprint density at radius 2 is 1.86 bits per heavy atom. The van der Waals surface area contributed by atoms with Crippen molar-refractivity contribution in [1.29, 1.82) is 0 Å². The number of carbonyl (C=O) groups excluding carboxylic acids is 1. The van der Waals surface area contributed by atoms with E-state index >= 15 is 0 Å². The molecule has 0 aliphatic heterocycles. The molecule has 0 unspecified atom stereocenters. The lowest BCUT2D eigenvalue weighted by Gasteiger charge is -2.08. The molecule has 4 heteroatoms. The van der Waals surface area contributed by atoms with Crippen molar-refractivity contribution in [2.75, 3.05) is 12.4 Å². The van der Waals surface area contributed by atoms with Crippen LogP contribution in [0.3, 0.4) is 0 Å². The third-order valence-corrected chi connectivity index (χ3v) is 3.57. The highest BCUT2D eigenvalue weighted by Crippen LogP contribution is 2.21. The van der Waals surface area contributed by atoms with Crippen molar-refractivity contribution in [3.8, 4) is 0 Å². The first-order chi connectivity index (χ1) is 6.54. The summed E-state index contributed by atoms with van der Waals surface area (Å²) in [6.07, 6.45) is -0.440. The van der Waals surface area contributed by atoms with Gasteiger partial charge in [-0.25, -0.2) is 4.79 Å². The summed E-state index contributed by atoms with van der Waals surface area (Å²) in [5, 5.41) is 2.64. The Labute approximate surface area is 97.0 Å². The number of rotatable bonds is 1. The molecule has 1 amide bonds. The number of aryl methyl sites for hydroxylation is 2. The zero-order chi connectivity index (χ0) is 10.7. The van der Waals surface area contributed by atoms with Crippen LogP contribution in [-0.4, -0.2) is 13.2 Å². The van der Waals surface area contributed by atoms with Crippen LogP contribution in [0.2, 0.25) is 0 Å². The standard InChI is InChI=1S/C10H12INO2/c1-6-4-8(12-10(13)14-3)5-7(2)9(6)11/h4-5H,1-3H3,(H,12,13). The lowest BCUT2D eigenvalue weighted by Crippen LogP contribution is -2.11. The Morgan fingerprint density at radius 3 is 2.29 bits per heavy atom. The van der Waals surface area contributed by atoms with Crippen molar-refractivity contribution < 1.29 is 9.53 Å². The second-order valence-corrected chi connectivity index (χ2v) is 4.12. The minimum absolute atomic E-state index is 0.440. The molecule has 0 heterocycles. The molecular formula is C10H12INO2. The van der Waals surface area contributed by atoms with Crippen LogP contribution in [-0.2, 0) is 4.74 Å². The van der Waals surface area contributed by atoms with Crippen LogP contribution in [0.4, 0.5) is 10.5 Å². The highest BCUT2D eigenvalue weighted by molar-refractivity contribution is 14.1. The van der Waals surface area contributed by atoms with E-state index in [-0.39, 0.29) is 0 Å². The van der Waals surface area contributed by atoms with Gasteiger partial charge in [0.25, 0.3) is 0 Å². The molecular weight excluding hydrogens is 293 g/mol. The third-order valence-electron chi connectivity index (χ3n) is 1.87. The fourth-order valence-corrected chi connectivity index (χ4v) is 1.50. The molecule has 0 saturated carbocycles. The van der Waals surface area contributed by atoms with E-state index in [1.165, 1.54) is 10.7 Å². The SMILES string of the molecule is COC(=O)Nc1cc(C)c(I)c(C)c1. The topological polar surface area (TPSA) is 38.3 Å². The number of ether oxygens (including phenoxy) is 1. The number of carbonyl (C=O) groups is 1. The van der Waals surface area contributed by atoms with E-state index in [0.29, 0.717) is 0 Å². The summed E-state index contributed by atoms with van der Waals surface area (Å²) in [6.45, 7) is 4.02. The monoisotopic (exact) mass is 305 g/mol. The van der Waals surface area contributed by atoms with E-state index in [1.807, 2.05) is 26.0 Å². The van der Waals surface area contributed by atoms with E-state index in [9.17, 15) is 4.79 Å². The summed E-state index contributed by atoms with van der Waals surface area (Å²) in [4.78, 5) is 11.0. The quantitative estimate of drug-likeness (QED) is 0.810. The maximum absolute atomic E-state index is 11.0. The molecule has 0 fully saturated rings. The molecule has 76 valence electrons. The van der Waals surface area contributed by atoms with Crippen molar-refractivity contribution in [2.45, 2.75) is 13.8 Å². The van der Waals surface area contributed by atoms with Gasteiger partial charge in [-0.2, -0.15) is 0 Å². The van der Waals surface area contributed by atoms with E-state index in [1.54, 1.807) is 0 Å². The molecule has 0 spiro atoms. The Hall–Kier alpha value is -0.780. The highest BCUT2D eigenvalue weighted by atomic mass is 127. The average molecular weight is 305 g/mol. The second-order valence-electron chi connectivity index (χ2n) is 3.04. The molecule has 0 atom stereocenters.